The van der Waals surface area contributed by atoms with Crippen LogP contribution in [0.15, 0.2) is 29.6 Å². The number of hydrogen-bond acceptors (Lipinski definition) is 6. The number of benzene rings is 1. The smallest absolute Gasteiger partial charge is 0.379 e. The molecule has 0 aliphatic carbocycles. The van der Waals surface area contributed by atoms with Crippen LogP contribution in [0.3, 0.4) is 0 Å². The number of alkyl halides is 3. The van der Waals surface area contributed by atoms with Crippen LogP contribution in [0.1, 0.15) is 11.3 Å². The molecule has 4 rings (SSSR count). The van der Waals surface area contributed by atoms with Crippen molar-refractivity contribution in [2.24, 2.45) is 0 Å². The zero-order chi connectivity index (χ0) is 23.4. The van der Waals surface area contributed by atoms with E-state index in [9.17, 15) is 22.8 Å². The van der Waals surface area contributed by atoms with Crippen molar-refractivity contribution in [1.29, 1.82) is 0 Å². The lowest BCUT2D eigenvalue weighted by Gasteiger charge is -2.36. The fourth-order valence-corrected chi connectivity index (χ4v) is 4.67. The van der Waals surface area contributed by atoms with Crippen molar-refractivity contribution in [3.8, 4) is 10.6 Å². The maximum absolute atomic E-state index is 12.7. The van der Waals surface area contributed by atoms with E-state index in [4.69, 9.17) is 4.74 Å². The third-order valence-corrected chi connectivity index (χ3v) is 6.73. The van der Waals surface area contributed by atoms with Gasteiger partial charge in [0, 0.05) is 50.2 Å². The first kappa shape index (κ1) is 23.7. The molecule has 7 nitrogen and oxygen atoms in total. The average Bonchev–Trinajstić information content (AvgIpc) is 3.28. The van der Waals surface area contributed by atoms with Crippen LogP contribution in [0.2, 0.25) is 0 Å². The fraction of sp³-hybridized carbons (Fsp3) is 0.500. The Bertz CT molecular complexity index is 966. The summed E-state index contributed by atoms with van der Waals surface area (Å²) in [6, 6.07) is 4.84. The van der Waals surface area contributed by atoms with E-state index in [1.807, 2.05) is 0 Å². The highest BCUT2D eigenvalue weighted by atomic mass is 32.1. The molecule has 2 saturated heterocycles. The molecule has 2 aliphatic rings. The third-order valence-electron chi connectivity index (χ3n) is 5.79. The summed E-state index contributed by atoms with van der Waals surface area (Å²) >= 11 is 1.30. The number of nitrogens with zero attached hydrogens (tertiary/aromatic N) is 4. The number of amides is 2. The molecule has 2 aromatic rings. The number of ether oxygens (including phenoxy) is 1. The second-order valence-corrected chi connectivity index (χ2v) is 8.90. The van der Waals surface area contributed by atoms with Crippen LogP contribution in [0.5, 0.6) is 0 Å². The maximum atomic E-state index is 12.7. The second-order valence-electron chi connectivity index (χ2n) is 8.05. The normalized spacial score (nSPS) is 17.9. The van der Waals surface area contributed by atoms with Gasteiger partial charge in [-0.1, -0.05) is 12.1 Å². The number of thiazole rings is 1. The molecule has 2 aliphatic heterocycles. The van der Waals surface area contributed by atoms with Crippen LogP contribution in [0.25, 0.3) is 10.6 Å². The van der Waals surface area contributed by atoms with Crippen LogP contribution in [0, 0.1) is 0 Å². The highest BCUT2D eigenvalue weighted by Gasteiger charge is 2.30. The molecule has 0 unspecified atom stereocenters. The largest absolute Gasteiger partial charge is 0.416 e. The van der Waals surface area contributed by atoms with E-state index in [0.29, 0.717) is 62.2 Å². The quantitative estimate of drug-likeness (QED) is 0.655. The zero-order valence-electron chi connectivity index (χ0n) is 18.0. The van der Waals surface area contributed by atoms with Gasteiger partial charge in [-0.2, -0.15) is 13.2 Å². The minimum atomic E-state index is -4.38. The predicted octanol–water partition coefficient (Wildman–Crippen LogP) is 2.37. The van der Waals surface area contributed by atoms with Gasteiger partial charge in [0.05, 0.1) is 37.4 Å². The van der Waals surface area contributed by atoms with E-state index in [-0.39, 0.29) is 18.2 Å². The van der Waals surface area contributed by atoms with Crippen molar-refractivity contribution >= 4 is 23.2 Å². The Kier molecular flexibility index (Phi) is 7.30. The van der Waals surface area contributed by atoms with Crippen molar-refractivity contribution in [1.82, 2.24) is 19.7 Å². The highest BCUT2D eigenvalue weighted by molar-refractivity contribution is 7.13. The molecular formula is C22H25F3N4O3S. The first-order valence-corrected chi connectivity index (χ1v) is 11.7. The molecule has 0 saturated carbocycles. The molecule has 33 heavy (non-hydrogen) atoms. The Morgan fingerprint density at radius 2 is 1.55 bits per heavy atom. The van der Waals surface area contributed by atoms with Crippen molar-refractivity contribution in [3.63, 3.8) is 0 Å². The summed E-state index contributed by atoms with van der Waals surface area (Å²) < 4.78 is 43.5. The predicted molar refractivity (Wildman–Crippen MR) is 117 cm³/mol. The number of carbonyl (C=O) groups is 2. The molecule has 1 aromatic heterocycles. The van der Waals surface area contributed by atoms with Crippen LogP contribution in [0.4, 0.5) is 13.2 Å². The van der Waals surface area contributed by atoms with E-state index >= 15 is 0 Å². The Hall–Kier alpha value is -2.50. The van der Waals surface area contributed by atoms with E-state index < -0.39 is 11.7 Å². The molecule has 1 aromatic carbocycles. The third kappa shape index (κ3) is 6.10. The number of hydrogen-bond donors (Lipinski definition) is 0. The van der Waals surface area contributed by atoms with Crippen LogP contribution in [-0.4, -0.2) is 90.5 Å². The number of halogens is 3. The molecule has 11 heteroatoms. The second kappa shape index (κ2) is 10.2. The molecule has 2 fully saturated rings. The summed E-state index contributed by atoms with van der Waals surface area (Å²) in [5.41, 5.74) is 0.464. The monoisotopic (exact) mass is 482 g/mol. The zero-order valence-corrected chi connectivity index (χ0v) is 18.8. The van der Waals surface area contributed by atoms with Gasteiger partial charge >= 0.3 is 6.18 Å². The van der Waals surface area contributed by atoms with E-state index in [2.05, 4.69) is 9.88 Å². The number of carbonyl (C=O) groups excluding carboxylic acids is 2. The molecule has 0 atom stereocenters. The van der Waals surface area contributed by atoms with Gasteiger partial charge < -0.3 is 14.5 Å². The van der Waals surface area contributed by atoms with Gasteiger partial charge in [-0.25, -0.2) is 4.98 Å². The summed E-state index contributed by atoms with van der Waals surface area (Å²) in [6.07, 6.45) is -4.25. The standard InChI is InChI=1S/C22H25F3N4O3S/c23-22(24,25)17-3-1-16(2-4-17)21-26-18(15-33-21)13-19(30)28-5-7-29(8-6-28)20(31)14-27-9-11-32-12-10-27/h1-4,15H,5-14H2. The summed E-state index contributed by atoms with van der Waals surface area (Å²) in [5, 5.41) is 2.33. The number of morpholine rings is 1. The van der Waals surface area contributed by atoms with Gasteiger partial charge in [0.1, 0.15) is 5.01 Å². The molecule has 3 heterocycles. The van der Waals surface area contributed by atoms with Gasteiger partial charge in [-0.15, -0.1) is 11.3 Å². The lowest BCUT2D eigenvalue weighted by Crippen LogP contribution is -2.53. The minimum absolute atomic E-state index is 0.0699. The van der Waals surface area contributed by atoms with Gasteiger partial charge in [-0.3, -0.25) is 14.5 Å². The maximum Gasteiger partial charge on any atom is 0.416 e. The lowest BCUT2D eigenvalue weighted by molar-refractivity contribution is -0.140. The van der Waals surface area contributed by atoms with E-state index in [0.717, 1.165) is 25.2 Å². The molecule has 2 amide bonds. The minimum Gasteiger partial charge on any atom is -0.379 e. The first-order valence-electron chi connectivity index (χ1n) is 10.8. The van der Waals surface area contributed by atoms with Crippen LogP contribution < -0.4 is 0 Å². The Labute approximate surface area is 193 Å². The Morgan fingerprint density at radius 1 is 0.939 bits per heavy atom. The molecule has 178 valence electrons. The fourth-order valence-electron chi connectivity index (χ4n) is 3.85. The lowest BCUT2D eigenvalue weighted by atomic mass is 10.1. The Balaban J connectivity index is 1.26. The summed E-state index contributed by atoms with van der Waals surface area (Å²) in [6.45, 7) is 5.14. The number of aromatic nitrogens is 1. The van der Waals surface area contributed by atoms with E-state index in [1.54, 1.807) is 15.2 Å². The summed E-state index contributed by atoms with van der Waals surface area (Å²) in [7, 11) is 0. The van der Waals surface area contributed by atoms with Gasteiger partial charge in [-0.05, 0) is 12.1 Å². The van der Waals surface area contributed by atoms with Crippen molar-refractivity contribution in [2.75, 3.05) is 59.0 Å². The SMILES string of the molecule is O=C(Cc1csc(-c2ccc(C(F)(F)F)cc2)n1)N1CCN(C(=O)CN2CCOCC2)CC1. The number of piperazine rings is 1. The molecule has 0 spiro atoms. The van der Waals surface area contributed by atoms with E-state index in [1.165, 1.54) is 23.5 Å². The van der Waals surface area contributed by atoms with Crippen molar-refractivity contribution < 1.29 is 27.5 Å². The molecule has 0 radical (unpaired) electrons. The topological polar surface area (TPSA) is 66.0 Å². The molecule has 0 bridgehead atoms. The average molecular weight is 483 g/mol. The molecular weight excluding hydrogens is 457 g/mol. The summed E-state index contributed by atoms with van der Waals surface area (Å²) in [4.78, 5) is 35.3. The van der Waals surface area contributed by atoms with Gasteiger partial charge in [0.15, 0.2) is 0 Å². The van der Waals surface area contributed by atoms with Crippen LogP contribution in [-0.2, 0) is 26.9 Å². The van der Waals surface area contributed by atoms with Crippen molar-refractivity contribution in [3.05, 3.63) is 40.9 Å². The number of rotatable bonds is 5. The summed E-state index contributed by atoms with van der Waals surface area (Å²) in [5.74, 6) is 0.00392. The highest BCUT2D eigenvalue weighted by Crippen LogP contribution is 2.31. The first-order chi connectivity index (χ1) is 15.8. The Morgan fingerprint density at radius 3 is 2.15 bits per heavy atom. The van der Waals surface area contributed by atoms with Gasteiger partial charge in [0.2, 0.25) is 11.8 Å². The van der Waals surface area contributed by atoms with Crippen molar-refractivity contribution in [2.45, 2.75) is 12.6 Å². The molecule has 0 N–H and O–H groups in total. The van der Waals surface area contributed by atoms with Crippen LogP contribution >= 0.6 is 11.3 Å². The van der Waals surface area contributed by atoms with Gasteiger partial charge in [0.25, 0.3) is 0 Å².